The van der Waals surface area contributed by atoms with Crippen LogP contribution in [0.2, 0.25) is 0 Å². The van der Waals surface area contributed by atoms with Gasteiger partial charge < -0.3 is 4.52 Å². The molecule has 3 N–H and O–H groups in total. The Kier molecular flexibility index (Phi) is 6.33. The highest BCUT2D eigenvalue weighted by Gasteiger charge is 2.24. The topological polar surface area (TPSA) is 111 Å². The Morgan fingerprint density at radius 1 is 1.06 bits per heavy atom. The molecule has 2 aromatic carbocycles. The van der Waals surface area contributed by atoms with Crippen LogP contribution in [0.5, 0.6) is 0 Å². The summed E-state index contributed by atoms with van der Waals surface area (Å²) < 4.78 is 17.7. The first kappa shape index (κ1) is 22.2. The van der Waals surface area contributed by atoms with Gasteiger partial charge in [-0.15, -0.1) is 0 Å². The van der Waals surface area contributed by atoms with Gasteiger partial charge in [0.05, 0.1) is 22.9 Å². The number of nitrogens with two attached hydrogens (primary N) is 1. The summed E-state index contributed by atoms with van der Waals surface area (Å²) >= 11 is 0. The maximum absolute atomic E-state index is 12.1. The number of nitrogens with zero attached hydrogens (tertiary/aromatic N) is 3. The van der Waals surface area contributed by atoms with E-state index in [0.29, 0.717) is 12.8 Å². The van der Waals surface area contributed by atoms with Gasteiger partial charge >= 0.3 is 0 Å². The highest BCUT2D eigenvalue weighted by molar-refractivity contribution is 7.83. The standard InChI is InChI=1S/C26H25N5O2S/c1-17(34(27)32)13-18(14-20-7-6-11-24(30-20)19-15-28-29-16-19)21-8-2-3-9-22(21)26-23-10-4-5-12-25(23)33-31-26/h2-12,15-18H,13-14,27H2,1H3,(H,28,29)/t17?,18-,34?/m1/s1. The monoisotopic (exact) mass is 471 g/mol. The third-order valence-electron chi connectivity index (χ3n) is 6.10. The van der Waals surface area contributed by atoms with E-state index in [-0.39, 0.29) is 11.2 Å². The lowest BCUT2D eigenvalue weighted by atomic mass is 9.85. The summed E-state index contributed by atoms with van der Waals surface area (Å²) in [4.78, 5) is 4.87. The van der Waals surface area contributed by atoms with Gasteiger partial charge in [-0.1, -0.05) is 47.6 Å². The number of rotatable bonds is 8. The molecule has 0 spiro atoms. The number of aromatic amines is 1. The van der Waals surface area contributed by atoms with E-state index >= 15 is 0 Å². The molecule has 0 radical (unpaired) electrons. The molecule has 0 amide bonds. The fraction of sp³-hybridized carbons (Fsp3) is 0.192. The van der Waals surface area contributed by atoms with Gasteiger partial charge in [-0.3, -0.25) is 15.2 Å². The second kappa shape index (κ2) is 9.70. The zero-order valence-electron chi connectivity index (χ0n) is 18.7. The summed E-state index contributed by atoms with van der Waals surface area (Å²) in [6.07, 6.45) is 4.90. The van der Waals surface area contributed by atoms with E-state index < -0.39 is 11.0 Å². The van der Waals surface area contributed by atoms with Crippen LogP contribution in [-0.2, 0) is 17.4 Å². The molecule has 0 saturated carbocycles. The Labute approximate surface area is 200 Å². The Hall–Kier alpha value is -3.62. The van der Waals surface area contributed by atoms with Gasteiger partial charge in [-0.05, 0) is 55.5 Å². The summed E-state index contributed by atoms with van der Waals surface area (Å²) in [5.74, 6) is 0.0289. The molecule has 5 rings (SSSR count). The van der Waals surface area contributed by atoms with Gasteiger partial charge in [0.25, 0.3) is 0 Å². The summed E-state index contributed by atoms with van der Waals surface area (Å²) in [6, 6.07) is 22.0. The number of para-hydroxylation sites is 1. The Bertz CT molecular complexity index is 1430. The lowest BCUT2D eigenvalue weighted by Crippen LogP contribution is -2.22. The summed E-state index contributed by atoms with van der Waals surface area (Å²) in [6.45, 7) is 1.92. The van der Waals surface area contributed by atoms with Crippen molar-refractivity contribution in [3.8, 4) is 22.5 Å². The zero-order valence-corrected chi connectivity index (χ0v) is 19.5. The minimum absolute atomic E-state index is 0.0289. The van der Waals surface area contributed by atoms with E-state index in [1.807, 2.05) is 67.7 Å². The van der Waals surface area contributed by atoms with Gasteiger partial charge in [0.2, 0.25) is 0 Å². The number of benzene rings is 2. The Morgan fingerprint density at radius 2 is 1.88 bits per heavy atom. The summed E-state index contributed by atoms with van der Waals surface area (Å²) in [5, 5.41) is 17.8. The van der Waals surface area contributed by atoms with Crippen LogP contribution < -0.4 is 5.14 Å². The molecule has 172 valence electrons. The molecular formula is C26H25N5O2S. The molecule has 0 bridgehead atoms. The molecule has 0 aliphatic heterocycles. The highest BCUT2D eigenvalue weighted by Crippen LogP contribution is 2.37. The average molecular weight is 472 g/mol. The molecule has 3 aromatic heterocycles. The average Bonchev–Trinajstić information content (AvgIpc) is 3.54. The quantitative estimate of drug-likeness (QED) is 0.331. The van der Waals surface area contributed by atoms with E-state index in [4.69, 9.17) is 14.6 Å². The number of hydrogen-bond acceptors (Lipinski definition) is 5. The predicted octanol–water partition coefficient (Wildman–Crippen LogP) is 5.01. The molecule has 0 aliphatic carbocycles. The third-order valence-corrected chi connectivity index (χ3v) is 7.09. The molecule has 0 fully saturated rings. The highest BCUT2D eigenvalue weighted by atomic mass is 32.2. The number of aromatic nitrogens is 4. The fourth-order valence-electron chi connectivity index (χ4n) is 4.36. The van der Waals surface area contributed by atoms with Gasteiger partial charge in [-0.2, -0.15) is 5.10 Å². The minimum atomic E-state index is -1.42. The zero-order chi connectivity index (χ0) is 23.5. The van der Waals surface area contributed by atoms with E-state index in [9.17, 15) is 4.21 Å². The lowest BCUT2D eigenvalue weighted by Gasteiger charge is -2.22. The van der Waals surface area contributed by atoms with Crippen molar-refractivity contribution >= 4 is 22.0 Å². The molecule has 8 heteroatoms. The van der Waals surface area contributed by atoms with Crippen molar-refractivity contribution in [3.05, 3.63) is 90.4 Å². The molecule has 2 unspecified atom stereocenters. The molecule has 0 saturated heterocycles. The molecule has 0 aliphatic rings. The first-order valence-corrected chi connectivity index (χ1v) is 12.4. The normalized spacial score (nSPS) is 14.2. The second-order valence-corrected chi connectivity index (χ2v) is 9.85. The van der Waals surface area contributed by atoms with Crippen LogP contribution in [0, 0.1) is 0 Å². The minimum Gasteiger partial charge on any atom is -0.356 e. The second-order valence-electron chi connectivity index (χ2n) is 8.39. The van der Waals surface area contributed by atoms with Gasteiger partial charge in [0.1, 0.15) is 5.69 Å². The van der Waals surface area contributed by atoms with Gasteiger partial charge in [0, 0.05) is 33.7 Å². The number of pyridine rings is 1. The van der Waals surface area contributed by atoms with Crippen LogP contribution >= 0.6 is 0 Å². The van der Waals surface area contributed by atoms with Crippen molar-refractivity contribution in [1.82, 2.24) is 20.3 Å². The van der Waals surface area contributed by atoms with E-state index in [2.05, 4.69) is 27.5 Å². The van der Waals surface area contributed by atoms with Crippen molar-refractivity contribution in [2.75, 3.05) is 0 Å². The van der Waals surface area contributed by atoms with Crippen molar-refractivity contribution in [1.29, 1.82) is 0 Å². The maximum atomic E-state index is 12.1. The molecule has 3 atom stereocenters. The molecular weight excluding hydrogens is 446 g/mol. The van der Waals surface area contributed by atoms with Crippen molar-refractivity contribution in [3.63, 3.8) is 0 Å². The first-order valence-electron chi connectivity index (χ1n) is 11.1. The van der Waals surface area contributed by atoms with Crippen molar-refractivity contribution in [2.24, 2.45) is 5.14 Å². The fourth-order valence-corrected chi connectivity index (χ4v) is 4.78. The van der Waals surface area contributed by atoms with Crippen LogP contribution in [0.3, 0.4) is 0 Å². The smallest absolute Gasteiger partial charge is 0.167 e. The maximum Gasteiger partial charge on any atom is 0.167 e. The van der Waals surface area contributed by atoms with Crippen molar-refractivity contribution in [2.45, 2.75) is 30.9 Å². The van der Waals surface area contributed by atoms with Gasteiger partial charge in [-0.25, -0.2) is 4.21 Å². The van der Waals surface area contributed by atoms with Crippen LogP contribution in [0.4, 0.5) is 0 Å². The Morgan fingerprint density at radius 3 is 2.71 bits per heavy atom. The van der Waals surface area contributed by atoms with Crippen LogP contribution in [0.25, 0.3) is 33.5 Å². The van der Waals surface area contributed by atoms with E-state index in [1.54, 1.807) is 6.20 Å². The van der Waals surface area contributed by atoms with Crippen LogP contribution in [0.15, 0.2) is 83.6 Å². The largest absolute Gasteiger partial charge is 0.356 e. The molecule has 34 heavy (non-hydrogen) atoms. The van der Waals surface area contributed by atoms with Crippen LogP contribution in [-0.4, -0.2) is 29.8 Å². The molecule has 3 heterocycles. The lowest BCUT2D eigenvalue weighted by molar-refractivity contribution is 0.459. The molecule has 5 aromatic rings. The Balaban J connectivity index is 1.56. The number of H-pyrrole nitrogens is 1. The van der Waals surface area contributed by atoms with E-state index in [0.717, 1.165) is 44.7 Å². The van der Waals surface area contributed by atoms with E-state index in [1.165, 1.54) is 0 Å². The van der Waals surface area contributed by atoms with Crippen molar-refractivity contribution < 1.29 is 8.73 Å². The van der Waals surface area contributed by atoms with Gasteiger partial charge in [0.15, 0.2) is 5.58 Å². The predicted molar refractivity (Wildman–Crippen MR) is 134 cm³/mol. The number of fused-ring (bicyclic) bond motifs is 1. The summed E-state index contributed by atoms with van der Waals surface area (Å²) in [7, 11) is -1.42. The van der Waals surface area contributed by atoms with Crippen LogP contribution in [0.1, 0.15) is 30.5 Å². The SMILES string of the molecule is CC(C[C@H](Cc1cccc(-c2cn[nH]c2)n1)c1ccccc1-c1noc2ccccc12)S(N)=O. The number of hydrogen-bond donors (Lipinski definition) is 2. The molecule has 7 nitrogen and oxygen atoms in total. The first-order chi connectivity index (χ1) is 16.6. The third kappa shape index (κ3) is 4.55. The summed E-state index contributed by atoms with van der Waals surface area (Å²) in [5.41, 5.74) is 6.39. The number of nitrogens with one attached hydrogen (secondary N) is 1.